The lowest BCUT2D eigenvalue weighted by Gasteiger charge is -2.32. The SMILES string of the molecule is CCCCCCCCCCCCCCCCCCOCCCOC(=O)NCCCCCC(=O)NCC(C)(C)OCC(C)(C)OCCN. The summed E-state index contributed by atoms with van der Waals surface area (Å²) in [5.41, 5.74) is 4.58. The molecule has 0 radical (unpaired) electrons. The minimum atomic E-state index is -0.499. The van der Waals surface area contributed by atoms with Crippen molar-refractivity contribution >= 4 is 12.0 Å². The van der Waals surface area contributed by atoms with Crippen molar-refractivity contribution in [3.63, 3.8) is 0 Å². The smallest absolute Gasteiger partial charge is 0.407 e. The molecule has 2 amide bonds. The van der Waals surface area contributed by atoms with Gasteiger partial charge in [0.05, 0.1) is 31.0 Å². The van der Waals surface area contributed by atoms with Crippen molar-refractivity contribution in [1.82, 2.24) is 10.6 Å². The minimum Gasteiger partial charge on any atom is -0.449 e. The van der Waals surface area contributed by atoms with Gasteiger partial charge >= 0.3 is 6.09 Å². The Morgan fingerprint density at radius 2 is 1.11 bits per heavy atom. The lowest BCUT2D eigenvalue weighted by atomic mass is 10.0. The number of rotatable bonds is 35. The predicted octanol–water partition coefficient (Wildman–Crippen LogP) is 8.61. The first kappa shape index (κ1) is 45.6. The largest absolute Gasteiger partial charge is 0.449 e. The van der Waals surface area contributed by atoms with Gasteiger partial charge in [0.2, 0.25) is 5.91 Å². The summed E-state index contributed by atoms with van der Waals surface area (Å²) >= 11 is 0. The molecule has 0 aliphatic rings. The zero-order valence-corrected chi connectivity index (χ0v) is 31.5. The van der Waals surface area contributed by atoms with Gasteiger partial charge in [-0.1, -0.05) is 110 Å². The second kappa shape index (κ2) is 31.8. The van der Waals surface area contributed by atoms with Crippen molar-refractivity contribution in [3.8, 4) is 0 Å². The third kappa shape index (κ3) is 34.2. The van der Waals surface area contributed by atoms with Gasteiger partial charge in [0, 0.05) is 45.7 Å². The van der Waals surface area contributed by atoms with E-state index in [-0.39, 0.29) is 12.0 Å². The zero-order valence-electron chi connectivity index (χ0n) is 31.5. The van der Waals surface area contributed by atoms with Crippen molar-refractivity contribution in [2.24, 2.45) is 5.73 Å². The Morgan fingerprint density at radius 1 is 0.574 bits per heavy atom. The average molecular weight is 672 g/mol. The average Bonchev–Trinajstić information content (AvgIpc) is 3.04. The molecule has 0 fully saturated rings. The topological polar surface area (TPSA) is 121 Å². The quantitative estimate of drug-likeness (QED) is 0.0577. The molecule has 0 aliphatic carbocycles. The van der Waals surface area contributed by atoms with Gasteiger partial charge in [0.25, 0.3) is 0 Å². The Morgan fingerprint density at radius 3 is 1.68 bits per heavy atom. The molecule has 9 heteroatoms. The van der Waals surface area contributed by atoms with Crippen molar-refractivity contribution in [2.75, 3.05) is 52.7 Å². The molecule has 0 spiro atoms. The highest BCUT2D eigenvalue weighted by atomic mass is 16.6. The Hall–Kier alpha value is -1.42. The summed E-state index contributed by atoms with van der Waals surface area (Å²) in [5.74, 6) is 0.00437. The molecule has 0 aromatic carbocycles. The Balaban J connectivity index is 3.44. The Bertz CT molecular complexity index is 720. The molecule has 4 N–H and O–H groups in total. The predicted molar refractivity (Wildman–Crippen MR) is 195 cm³/mol. The van der Waals surface area contributed by atoms with Crippen LogP contribution < -0.4 is 16.4 Å². The standard InChI is InChI=1S/C38H77N3O6/c1-6-7-8-9-10-11-12-13-14-15-16-17-18-19-20-24-29-44-30-25-31-45-36(43)40-28-23-21-22-26-35(42)41-33-37(2,3)47-34-38(4,5)46-32-27-39/h6-34,39H2,1-5H3,(H,40,43)(H,41,42). The monoisotopic (exact) mass is 672 g/mol. The fraction of sp³-hybridized carbons (Fsp3) is 0.947. The van der Waals surface area contributed by atoms with Gasteiger partial charge < -0.3 is 35.3 Å². The molecule has 0 aromatic rings. The summed E-state index contributed by atoms with van der Waals surface area (Å²) in [5, 5.41) is 5.74. The van der Waals surface area contributed by atoms with E-state index in [0.717, 1.165) is 32.3 Å². The van der Waals surface area contributed by atoms with Crippen molar-refractivity contribution in [2.45, 2.75) is 181 Å². The highest BCUT2D eigenvalue weighted by molar-refractivity contribution is 5.75. The van der Waals surface area contributed by atoms with Crippen LogP contribution in [-0.4, -0.2) is 75.9 Å². The molecule has 0 saturated heterocycles. The number of hydrogen-bond acceptors (Lipinski definition) is 7. The summed E-state index contributed by atoms with van der Waals surface area (Å²) < 4.78 is 22.6. The number of alkyl carbamates (subject to hydrolysis) is 1. The zero-order chi connectivity index (χ0) is 34.9. The van der Waals surface area contributed by atoms with E-state index in [9.17, 15) is 9.59 Å². The van der Waals surface area contributed by atoms with E-state index in [1.807, 2.05) is 27.7 Å². The van der Waals surface area contributed by atoms with Crippen LogP contribution >= 0.6 is 0 Å². The van der Waals surface area contributed by atoms with Gasteiger partial charge in [-0.2, -0.15) is 0 Å². The second-order valence-corrected chi connectivity index (χ2v) is 14.4. The van der Waals surface area contributed by atoms with Crippen LogP contribution in [0.25, 0.3) is 0 Å². The summed E-state index contributed by atoms with van der Waals surface area (Å²) in [6.45, 7) is 14.2. The van der Waals surface area contributed by atoms with Crippen LogP contribution in [0.1, 0.15) is 169 Å². The fourth-order valence-corrected chi connectivity index (χ4v) is 5.21. The molecular formula is C38H77N3O6. The lowest BCUT2D eigenvalue weighted by molar-refractivity contribution is -0.128. The summed E-state index contributed by atoms with van der Waals surface area (Å²) in [7, 11) is 0. The van der Waals surface area contributed by atoms with E-state index < -0.39 is 11.2 Å². The Kier molecular flexibility index (Phi) is 30.9. The normalized spacial score (nSPS) is 12.0. The van der Waals surface area contributed by atoms with Gasteiger partial charge in [0.1, 0.15) is 0 Å². The second-order valence-electron chi connectivity index (χ2n) is 14.4. The van der Waals surface area contributed by atoms with E-state index in [1.165, 1.54) is 96.3 Å². The number of carbonyl (C=O) groups is 2. The number of nitrogens with one attached hydrogen (secondary N) is 2. The van der Waals surface area contributed by atoms with Gasteiger partial charge in [-0.15, -0.1) is 0 Å². The van der Waals surface area contributed by atoms with Gasteiger partial charge in [0.15, 0.2) is 0 Å². The van der Waals surface area contributed by atoms with Crippen molar-refractivity contribution < 1.29 is 28.5 Å². The first-order valence-electron chi connectivity index (χ1n) is 19.3. The van der Waals surface area contributed by atoms with Gasteiger partial charge in [-0.25, -0.2) is 4.79 Å². The molecule has 0 unspecified atom stereocenters. The highest BCUT2D eigenvalue weighted by Crippen LogP contribution is 2.16. The third-order valence-electron chi connectivity index (χ3n) is 8.29. The first-order chi connectivity index (χ1) is 22.6. The fourth-order valence-electron chi connectivity index (χ4n) is 5.21. The molecule has 0 aliphatic heterocycles. The molecule has 0 rings (SSSR count). The van der Waals surface area contributed by atoms with Crippen molar-refractivity contribution in [1.29, 1.82) is 0 Å². The van der Waals surface area contributed by atoms with Crippen molar-refractivity contribution in [3.05, 3.63) is 0 Å². The summed E-state index contributed by atoms with van der Waals surface area (Å²) in [4.78, 5) is 24.1. The number of unbranched alkanes of at least 4 members (excludes halogenated alkanes) is 17. The molecule has 0 atom stereocenters. The van der Waals surface area contributed by atoms with Crippen LogP contribution in [0, 0.1) is 0 Å². The van der Waals surface area contributed by atoms with Gasteiger partial charge in [-0.3, -0.25) is 4.79 Å². The third-order valence-corrected chi connectivity index (χ3v) is 8.29. The van der Waals surface area contributed by atoms with Crippen LogP contribution in [0.5, 0.6) is 0 Å². The lowest BCUT2D eigenvalue weighted by Crippen LogP contribution is -2.44. The van der Waals surface area contributed by atoms with E-state index in [4.69, 9.17) is 24.7 Å². The van der Waals surface area contributed by atoms with E-state index in [0.29, 0.717) is 58.9 Å². The molecule has 280 valence electrons. The van der Waals surface area contributed by atoms with E-state index >= 15 is 0 Å². The molecule has 0 saturated carbocycles. The van der Waals surface area contributed by atoms with E-state index in [1.54, 1.807) is 0 Å². The number of nitrogens with two attached hydrogens (primary N) is 1. The first-order valence-corrected chi connectivity index (χ1v) is 19.3. The van der Waals surface area contributed by atoms with Crippen LogP contribution in [0.4, 0.5) is 4.79 Å². The molecule has 0 heterocycles. The molecule has 0 aromatic heterocycles. The van der Waals surface area contributed by atoms with Crippen LogP contribution in [0.2, 0.25) is 0 Å². The number of ether oxygens (including phenoxy) is 4. The Labute approximate surface area is 289 Å². The maximum Gasteiger partial charge on any atom is 0.407 e. The molecular weight excluding hydrogens is 594 g/mol. The van der Waals surface area contributed by atoms with Crippen LogP contribution in [-0.2, 0) is 23.7 Å². The molecule has 0 bridgehead atoms. The number of carbonyl (C=O) groups excluding carboxylic acids is 2. The summed E-state index contributed by atoms with van der Waals surface area (Å²) in [6, 6.07) is 0. The maximum atomic E-state index is 12.2. The maximum absolute atomic E-state index is 12.2. The minimum absolute atomic E-state index is 0.00437. The van der Waals surface area contributed by atoms with Crippen LogP contribution in [0.15, 0.2) is 0 Å². The number of hydrogen-bond donors (Lipinski definition) is 3. The summed E-state index contributed by atoms with van der Waals surface area (Å²) in [6.07, 6.45) is 25.1. The van der Waals surface area contributed by atoms with Gasteiger partial charge in [-0.05, 0) is 47.0 Å². The number of amides is 2. The molecule has 47 heavy (non-hydrogen) atoms. The van der Waals surface area contributed by atoms with E-state index in [2.05, 4.69) is 17.6 Å². The van der Waals surface area contributed by atoms with Crippen LogP contribution in [0.3, 0.4) is 0 Å². The highest BCUT2D eigenvalue weighted by Gasteiger charge is 2.25. The molecule has 9 nitrogen and oxygen atoms in total.